The first-order valence-corrected chi connectivity index (χ1v) is 7.33. The average molecular weight is 295 g/mol. The Morgan fingerprint density at radius 1 is 0.889 bits per heavy atom. The normalized spacial score (nSPS) is 31.7. The van der Waals surface area contributed by atoms with E-state index in [-0.39, 0.29) is 24.8 Å². The number of nitrogens with one attached hydrogen (secondary N) is 1. The van der Waals surface area contributed by atoms with Crippen LogP contribution in [-0.2, 0) is 0 Å². The van der Waals surface area contributed by atoms with Gasteiger partial charge < -0.3 is 5.32 Å². The number of hydrogen-bond donors (Lipinski definition) is 1. The van der Waals surface area contributed by atoms with E-state index < -0.39 is 0 Å². The summed E-state index contributed by atoms with van der Waals surface area (Å²) in [4.78, 5) is 2.76. The van der Waals surface area contributed by atoms with Crippen molar-refractivity contribution < 1.29 is 0 Å². The molecule has 4 heteroatoms. The molecular formula is C14H28Cl2N2. The minimum atomic E-state index is 0. The van der Waals surface area contributed by atoms with Gasteiger partial charge in [0.05, 0.1) is 0 Å². The molecule has 0 aromatic heterocycles. The van der Waals surface area contributed by atoms with Gasteiger partial charge in [-0.05, 0) is 57.2 Å². The summed E-state index contributed by atoms with van der Waals surface area (Å²) in [5.74, 6) is 0. The number of hydrogen-bond acceptors (Lipinski definition) is 2. The van der Waals surface area contributed by atoms with Crippen molar-refractivity contribution in [2.45, 2.75) is 57.4 Å². The molecule has 18 heavy (non-hydrogen) atoms. The molecule has 1 atom stereocenters. The van der Waals surface area contributed by atoms with Crippen molar-refractivity contribution in [1.29, 1.82) is 0 Å². The van der Waals surface area contributed by atoms with Gasteiger partial charge in [0.2, 0.25) is 0 Å². The zero-order valence-corrected chi connectivity index (χ0v) is 13.0. The lowest BCUT2D eigenvalue weighted by Gasteiger charge is -2.45. The van der Waals surface area contributed by atoms with Gasteiger partial charge >= 0.3 is 0 Å². The van der Waals surface area contributed by atoms with E-state index in [4.69, 9.17) is 0 Å². The highest BCUT2D eigenvalue weighted by Crippen LogP contribution is 2.44. The zero-order valence-electron chi connectivity index (χ0n) is 11.3. The van der Waals surface area contributed by atoms with Crippen LogP contribution in [0.1, 0.15) is 51.4 Å². The molecule has 1 N–H and O–H groups in total. The molecule has 0 bridgehead atoms. The van der Waals surface area contributed by atoms with Crippen LogP contribution in [-0.4, -0.2) is 37.1 Å². The number of likely N-dealkylation sites (tertiary alicyclic amines) is 1. The molecule has 1 aliphatic carbocycles. The van der Waals surface area contributed by atoms with Gasteiger partial charge in [-0.1, -0.05) is 19.3 Å². The molecule has 2 nitrogen and oxygen atoms in total. The van der Waals surface area contributed by atoms with E-state index in [0.717, 1.165) is 11.5 Å². The smallest absolute Gasteiger partial charge is 0.0232 e. The minimum absolute atomic E-state index is 0. The van der Waals surface area contributed by atoms with Crippen molar-refractivity contribution in [1.82, 2.24) is 10.2 Å². The minimum Gasteiger partial charge on any atom is -0.315 e. The monoisotopic (exact) mass is 294 g/mol. The third-order valence-corrected chi connectivity index (χ3v) is 5.32. The van der Waals surface area contributed by atoms with Gasteiger partial charge in [-0.15, -0.1) is 24.8 Å². The Hall–Kier alpha value is 0.500. The Kier molecular flexibility index (Phi) is 6.74. The van der Waals surface area contributed by atoms with E-state index in [1.54, 1.807) is 0 Å². The number of rotatable bonds is 1. The van der Waals surface area contributed by atoms with Crippen molar-refractivity contribution in [2.75, 3.05) is 26.2 Å². The maximum Gasteiger partial charge on any atom is 0.0232 e. The van der Waals surface area contributed by atoms with Crippen molar-refractivity contribution >= 4 is 24.8 Å². The van der Waals surface area contributed by atoms with Crippen LogP contribution in [0.25, 0.3) is 0 Å². The molecule has 0 unspecified atom stereocenters. The molecule has 0 amide bonds. The topological polar surface area (TPSA) is 15.3 Å². The van der Waals surface area contributed by atoms with E-state index in [2.05, 4.69) is 10.2 Å². The molecule has 108 valence electrons. The molecule has 1 saturated carbocycles. The molecule has 0 radical (unpaired) electrons. The maximum atomic E-state index is 3.50. The molecule has 3 fully saturated rings. The second-order valence-corrected chi connectivity index (χ2v) is 6.24. The predicted molar refractivity (Wildman–Crippen MR) is 82.1 cm³/mol. The highest BCUT2D eigenvalue weighted by atomic mass is 35.5. The van der Waals surface area contributed by atoms with E-state index >= 15 is 0 Å². The van der Waals surface area contributed by atoms with Crippen LogP contribution in [0.3, 0.4) is 0 Å². The second kappa shape index (κ2) is 7.33. The van der Waals surface area contributed by atoms with Gasteiger partial charge in [-0.3, -0.25) is 4.90 Å². The fourth-order valence-electron chi connectivity index (χ4n) is 4.12. The van der Waals surface area contributed by atoms with E-state index in [0.29, 0.717) is 0 Å². The van der Waals surface area contributed by atoms with Gasteiger partial charge in [0, 0.05) is 12.6 Å². The summed E-state index contributed by atoms with van der Waals surface area (Å²) in [6.45, 7) is 5.25. The summed E-state index contributed by atoms with van der Waals surface area (Å²) in [6, 6.07) is 0.862. The Balaban J connectivity index is 0.000000810. The van der Waals surface area contributed by atoms with Crippen molar-refractivity contribution in [3.63, 3.8) is 0 Å². The van der Waals surface area contributed by atoms with Crippen LogP contribution in [0.4, 0.5) is 0 Å². The number of piperidine rings is 1. The van der Waals surface area contributed by atoms with Gasteiger partial charge in [0.25, 0.3) is 0 Å². The summed E-state index contributed by atoms with van der Waals surface area (Å²) in [5.41, 5.74) is 0.779. The summed E-state index contributed by atoms with van der Waals surface area (Å²) in [6.07, 6.45) is 11.9. The van der Waals surface area contributed by atoms with Crippen LogP contribution in [0.5, 0.6) is 0 Å². The maximum absolute atomic E-state index is 3.50. The fourth-order valence-corrected chi connectivity index (χ4v) is 4.12. The lowest BCUT2D eigenvalue weighted by Crippen LogP contribution is -2.46. The van der Waals surface area contributed by atoms with E-state index in [1.165, 1.54) is 77.5 Å². The first-order chi connectivity index (χ1) is 7.88. The van der Waals surface area contributed by atoms with Crippen molar-refractivity contribution in [2.24, 2.45) is 5.41 Å². The standard InChI is InChI=1S/C14H26N2.2ClH/c1-2-5-14(6-3-1)7-10-16(11-8-14)13-4-9-15-12-13;;/h13,15H,1-12H2;2*1H/t13-;;/m0../s1. The molecule has 3 aliphatic rings. The lowest BCUT2D eigenvalue weighted by molar-refractivity contribution is 0.0493. The quantitative estimate of drug-likeness (QED) is 0.799. The van der Waals surface area contributed by atoms with Gasteiger partial charge in [0.15, 0.2) is 0 Å². The van der Waals surface area contributed by atoms with Crippen LogP contribution in [0.2, 0.25) is 0 Å². The molecule has 1 spiro atoms. The van der Waals surface area contributed by atoms with Crippen LogP contribution >= 0.6 is 24.8 Å². The largest absolute Gasteiger partial charge is 0.315 e. The van der Waals surface area contributed by atoms with Crippen molar-refractivity contribution in [3.05, 3.63) is 0 Å². The molecule has 2 aliphatic heterocycles. The third kappa shape index (κ3) is 3.53. The summed E-state index contributed by atoms with van der Waals surface area (Å²) < 4.78 is 0. The third-order valence-electron chi connectivity index (χ3n) is 5.32. The lowest BCUT2D eigenvalue weighted by atomic mass is 9.68. The van der Waals surface area contributed by atoms with Crippen molar-refractivity contribution in [3.8, 4) is 0 Å². The number of nitrogens with zero attached hydrogens (tertiary/aromatic N) is 1. The molecule has 0 aromatic rings. The molecule has 2 saturated heterocycles. The Morgan fingerprint density at radius 2 is 1.56 bits per heavy atom. The molecule has 2 heterocycles. The first-order valence-electron chi connectivity index (χ1n) is 7.33. The Labute approximate surface area is 124 Å². The zero-order chi connectivity index (χ0) is 10.8. The van der Waals surface area contributed by atoms with Crippen LogP contribution in [0.15, 0.2) is 0 Å². The highest BCUT2D eigenvalue weighted by Gasteiger charge is 2.37. The van der Waals surface area contributed by atoms with Crippen LogP contribution < -0.4 is 5.32 Å². The van der Waals surface area contributed by atoms with Crippen LogP contribution in [0, 0.1) is 5.41 Å². The molecule has 3 rings (SSSR count). The summed E-state index contributed by atoms with van der Waals surface area (Å²) in [7, 11) is 0. The Morgan fingerprint density at radius 3 is 2.11 bits per heavy atom. The van der Waals surface area contributed by atoms with Gasteiger partial charge in [-0.2, -0.15) is 0 Å². The summed E-state index contributed by atoms with van der Waals surface area (Å²) in [5, 5.41) is 3.50. The Bertz CT molecular complexity index is 226. The molecule has 0 aromatic carbocycles. The average Bonchev–Trinajstić information content (AvgIpc) is 2.85. The van der Waals surface area contributed by atoms with Gasteiger partial charge in [0.1, 0.15) is 0 Å². The predicted octanol–water partition coefficient (Wildman–Crippen LogP) is 3.24. The van der Waals surface area contributed by atoms with E-state index in [9.17, 15) is 0 Å². The fraction of sp³-hybridized carbons (Fsp3) is 1.00. The van der Waals surface area contributed by atoms with Gasteiger partial charge in [-0.25, -0.2) is 0 Å². The first kappa shape index (κ1) is 16.6. The molecular weight excluding hydrogens is 267 g/mol. The summed E-state index contributed by atoms with van der Waals surface area (Å²) >= 11 is 0. The SMILES string of the molecule is C1CCC2(CC1)CCN([C@H]1CCNC1)CC2.Cl.Cl. The highest BCUT2D eigenvalue weighted by molar-refractivity contribution is 5.85. The number of halogens is 2. The second-order valence-electron chi connectivity index (χ2n) is 6.24. The van der Waals surface area contributed by atoms with E-state index in [1.807, 2.05) is 0 Å².